The maximum Gasteiger partial charge on any atom is 0.0369 e. The molecule has 0 aromatic heterocycles. The molecule has 0 aliphatic carbocycles. The number of aliphatic imine (C=N–C) groups is 1. The minimum atomic E-state index is 0.531. The number of hydrogen-bond acceptors (Lipinski definition) is 1. The smallest absolute Gasteiger partial charge is 0.0369 e. The van der Waals surface area contributed by atoms with Crippen molar-refractivity contribution in [2.45, 2.75) is 34.6 Å². The zero-order chi connectivity index (χ0) is 9.72. The lowest BCUT2D eigenvalue weighted by Crippen LogP contribution is -2.05. The fourth-order valence-corrected chi connectivity index (χ4v) is 0.889. The largest absolute Gasteiger partial charge is 0.293 e. The van der Waals surface area contributed by atoms with Gasteiger partial charge >= 0.3 is 0 Å². The Labute approximate surface area is 76.6 Å². The van der Waals surface area contributed by atoms with Crippen molar-refractivity contribution >= 4 is 5.71 Å². The molecule has 0 rings (SSSR count). The molecule has 0 saturated heterocycles. The van der Waals surface area contributed by atoms with Crippen molar-refractivity contribution in [1.29, 1.82) is 0 Å². The van der Waals surface area contributed by atoms with E-state index in [0.717, 1.165) is 0 Å². The molecule has 0 unspecified atom stereocenters. The molecule has 0 aromatic carbocycles. The van der Waals surface area contributed by atoms with Crippen LogP contribution in [-0.2, 0) is 0 Å². The molecule has 0 saturated carbocycles. The lowest BCUT2D eigenvalue weighted by atomic mass is 9.99. The highest BCUT2D eigenvalue weighted by Gasteiger charge is 2.02. The first-order valence-corrected chi connectivity index (χ1v) is 4.63. The van der Waals surface area contributed by atoms with Crippen LogP contribution in [0.4, 0.5) is 0 Å². The minimum absolute atomic E-state index is 0.531. The van der Waals surface area contributed by atoms with Crippen LogP contribution >= 0.6 is 0 Å². The van der Waals surface area contributed by atoms with E-state index < -0.39 is 0 Å². The van der Waals surface area contributed by atoms with E-state index in [0.29, 0.717) is 11.8 Å². The van der Waals surface area contributed by atoms with Crippen molar-refractivity contribution < 1.29 is 0 Å². The molecule has 0 amide bonds. The minimum Gasteiger partial charge on any atom is -0.293 e. The third kappa shape index (κ3) is 3.70. The Bertz CT molecular complexity index is 185. The fourth-order valence-electron chi connectivity index (χ4n) is 0.889. The maximum atomic E-state index is 4.25. The predicted octanol–water partition coefficient (Wildman–Crippen LogP) is 3.32. The van der Waals surface area contributed by atoms with Crippen molar-refractivity contribution in [3.8, 4) is 0 Å². The molecule has 1 nitrogen and oxygen atoms in total. The second-order valence-electron chi connectivity index (χ2n) is 3.85. The van der Waals surface area contributed by atoms with Gasteiger partial charge in [-0.05, 0) is 24.8 Å². The first-order valence-electron chi connectivity index (χ1n) is 4.63. The van der Waals surface area contributed by atoms with Crippen LogP contribution in [-0.4, -0.2) is 12.8 Å². The van der Waals surface area contributed by atoms with E-state index >= 15 is 0 Å². The van der Waals surface area contributed by atoms with Gasteiger partial charge in [-0.3, -0.25) is 4.99 Å². The van der Waals surface area contributed by atoms with E-state index in [1.807, 2.05) is 7.05 Å². The van der Waals surface area contributed by atoms with E-state index in [2.05, 4.69) is 45.7 Å². The SMILES string of the molecule is CN=C(/C=C(\C)C(C)C)C(C)C. The first kappa shape index (κ1) is 11.4. The van der Waals surface area contributed by atoms with E-state index in [1.54, 1.807) is 0 Å². The number of nitrogens with zero attached hydrogens (tertiary/aromatic N) is 1. The maximum absolute atomic E-state index is 4.25. The molecule has 0 N–H and O–H groups in total. The Balaban J connectivity index is 4.49. The molecule has 0 aliphatic rings. The van der Waals surface area contributed by atoms with Crippen LogP contribution in [0, 0.1) is 11.8 Å². The molecule has 12 heavy (non-hydrogen) atoms. The summed E-state index contributed by atoms with van der Waals surface area (Å²) in [5.41, 5.74) is 2.60. The lowest BCUT2D eigenvalue weighted by Gasteiger charge is -2.08. The van der Waals surface area contributed by atoms with Gasteiger partial charge in [0.2, 0.25) is 0 Å². The van der Waals surface area contributed by atoms with Gasteiger partial charge in [-0.15, -0.1) is 0 Å². The summed E-state index contributed by atoms with van der Waals surface area (Å²) in [4.78, 5) is 4.25. The average Bonchev–Trinajstić information content (AvgIpc) is 1.98. The van der Waals surface area contributed by atoms with E-state index in [9.17, 15) is 0 Å². The van der Waals surface area contributed by atoms with Crippen LogP contribution in [0.5, 0.6) is 0 Å². The molecule has 0 fully saturated rings. The Hall–Kier alpha value is -0.590. The molecule has 0 atom stereocenters. The van der Waals surface area contributed by atoms with Gasteiger partial charge in [0.15, 0.2) is 0 Å². The third-order valence-corrected chi connectivity index (χ3v) is 2.14. The van der Waals surface area contributed by atoms with Gasteiger partial charge in [-0.25, -0.2) is 0 Å². The van der Waals surface area contributed by atoms with Crippen LogP contribution in [0.3, 0.4) is 0 Å². The normalized spacial score (nSPS) is 14.7. The second kappa shape index (κ2) is 5.13. The van der Waals surface area contributed by atoms with Gasteiger partial charge in [0.25, 0.3) is 0 Å². The summed E-state index contributed by atoms with van der Waals surface area (Å²) in [6.45, 7) is 10.9. The molecule has 1 heteroatoms. The molecule has 0 aromatic rings. The monoisotopic (exact) mass is 167 g/mol. The lowest BCUT2D eigenvalue weighted by molar-refractivity contribution is 0.768. The molecule has 0 radical (unpaired) electrons. The van der Waals surface area contributed by atoms with Gasteiger partial charge in [0.05, 0.1) is 0 Å². The molecular weight excluding hydrogens is 146 g/mol. The van der Waals surface area contributed by atoms with E-state index in [-0.39, 0.29) is 0 Å². The number of hydrogen-bond donors (Lipinski definition) is 0. The van der Waals surface area contributed by atoms with Crippen molar-refractivity contribution in [2.75, 3.05) is 7.05 Å². The third-order valence-electron chi connectivity index (χ3n) is 2.14. The fraction of sp³-hybridized carbons (Fsp3) is 0.727. The second-order valence-corrected chi connectivity index (χ2v) is 3.85. The predicted molar refractivity (Wildman–Crippen MR) is 56.8 cm³/mol. The Morgan fingerprint density at radius 1 is 1.08 bits per heavy atom. The standard InChI is InChI=1S/C11H21N/c1-8(2)10(5)7-11(12-6)9(3)4/h7-9H,1-6H3/b10-7+,12-11?. The molecule has 0 spiro atoms. The quantitative estimate of drug-likeness (QED) is 0.572. The van der Waals surface area contributed by atoms with E-state index in [4.69, 9.17) is 0 Å². The van der Waals surface area contributed by atoms with Crippen LogP contribution in [0.1, 0.15) is 34.6 Å². The molecule has 0 heterocycles. The summed E-state index contributed by atoms with van der Waals surface area (Å²) in [5.74, 6) is 1.16. The number of rotatable bonds is 3. The first-order chi connectivity index (χ1) is 5.49. The molecule has 0 aliphatic heterocycles. The van der Waals surface area contributed by atoms with Crippen molar-refractivity contribution in [2.24, 2.45) is 16.8 Å². The summed E-state index contributed by atoms with van der Waals surface area (Å²) < 4.78 is 0. The summed E-state index contributed by atoms with van der Waals surface area (Å²) in [7, 11) is 1.86. The zero-order valence-electron chi connectivity index (χ0n) is 9.18. The Morgan fingerprint density at radius 2 is 1.58 bits per heavy atom. The number of allylic oxidation sites excluding steroid dienone is 2. The summed E-state index contributed by atoms with van der Waals surface area (Å²) in [5, 5.41) is 0. The molecule has 0 bridgehead atoms. The molecular formula is C11H21N. The van der Waals surface area contributed by atoms with Gasteiger partial charge in [-0.2, -0.15) is 0 Å². The van der Waals surface area contributed by atoms with Gasteiger partial charge in [0, 0.05) is 12.8 Å². The van der Waals surface area contributed by atoms with Crippen molar-refractivity contribution in [3.05, 3.63) is 11.6 Å². The van der Waals surface area contributed by atoms with Gasteiger partial charge in [0.1, 0.15) is 0 Å². The topological polar surface area (TPSA) is 12.4 Å². The van der Waals surface area contributed by atoms with Crippen LogP contribution in [0.15, 0.2) is 16.6 Å². The summed E-state index contributed by atoms with van der Waals surface area (Å²) in [6.07, 6.45) is 2.20. The Morgan fingerprint density at radius 3 is 1.83 bits per heavy atom. The highest BCUT2D eigenvalue weighted by Crippen LogP contribution is 2.10. The summed E-state index contributed by atoms with van der Waals surface area (Å²) in [6, 6.07) is 0. The Kier molecular flexibility index (Phi) is 4.87. The highest BCUT2D eigenvalue weighted by atomic mass is 14.7. The van der Waals surface area contributed by atoms with Gasteiger partial charge in [-0.1, -0.05) is 33.3 Å². The highest BCUT2D eigenvalue weighted by molar-refractivity contribution is 5.96. The van der Waals surface area contributed by atoms with Gasteiger partial charge < -0.3 is 0 Å². The van der Waals surface area contributed by atoms with E-state index in [1.165, 1.54) is 11.3 Å². The summed E-state index contributed by atoms with van der Waals surface area (Å²) >= 11 is 0. The van der Waals surface area contributed by atoms with Crippen LogP contribution < -0.4 is 0 Å². The van der Waals surface area contributed by atoms with Crippen LogP contribution in [0.25, 0.3) is 0 Å². The van der Waals surface area contributed by atoms with Crippen LogP contribution in [0.2, 0.25) is 0 Å². The van der Waals surface area contributed by atoms with Crippen molar-refractivity contribution in [3.63, 3.8) is 0 Å². The molecule has 70 valence electrons. The van der Waals surface area contributed by atoms with Crippen molar-refractivity contribution in [1.82, 2.24) is 0 Å². The zero-order valence-corrected chi connectivity index (χ0v) is 9.18. The average molecular weight is 167 g/mol.